The molecule has 1 aliphatic rings. The van der Waals surface area contributed by atoms with Crippen LogP contribution in [-0.4, -0.2) is 42.3 Å². The maximum Gasteiger partial charge on any atom is 0.410 e. The molecule has 1 aromatic carbocycles. The van der Waals surface area contributed by atoms with Gasteiger partial charge in [-0.2, -0.15) is 0 Å². The van der Waals surface area contributed by atoms with Gasteiger partial charge in [0.05, 0.1) is 0 Å². The topological polar surface area (TPSA) is 41.6 Å². The lowest BCUT2D eigenvalue weighted by Gasteiger charge is -2.40. The van der Waals surface area contributed by atoms with Crippen LogP contribution in [0.3, 0.4) is 0 Å². The highest BCUT2D eigenvalue weighted by Gasteiger charge is 2.33. The Kier molecular flexibility index (Phi) is 4.65. The van der Waals surface area contributed by atoms with Crippen LogP contribution in [0, 0.1) is 0 Å². The fraction of sp³-hybridized carbons (Fsp3) is 0.562. The first kappa shape index (κ1) is 14.9. The Morgan fingerprint density at radius 1 is 1.30 bits per heavy atom. The summed E-state index contributed by atoms with van der Waals surface area (Å²) in [4.78, 5) is 13.5. The Labute approximate surface area is 121 Å². The third-order valence-electron chi connectivity index (χ3n) is 3.22. The van der Waals surface area contributed by atoms with E-state index < -0.39 is 5.60 Å². The van der Waals surface area contributed by atoms with E-state index in [4.69, 9.17) is 4.74 Å². The Morgan fingerprint density at radius 2 is 1.95 bits per heavy atom. The molecule has 0 aliphatic carbocycles. The lowest BCUT2D eigenvalue weighted by Crippen LogP contribution is -2.60. The molecule has 20 heavy (non-hydrogen) atoms. The van der Waals surface area contributed by atoms with Crippen LogP contribution in [0.5, 0.6) is 0 Å². The third kappa shape index (κ3) is 4.53. The van der Waals surface area contributed by atoms with E-state index in [1.807, 2.05) is 26.8 Å². The van der Waals surface area contributed by atoms with Gasteiger partial charge in [-0.1, -0.05) is 30.3 Å². The maximum atomic E-state index is 11.8. The van der Waals surface area contributed by atoms with Gasteiger partial charge in [0.2, 0.25) is 0 Å². The molecule has 1 amide bonds. The van der Waals surface area contributed by atoms with Gasteiger partial charge in [0.1, 0.15) is 5.60 Å². The van der Waals surface area contributed by atoms with E-state index in [1.54, 1.807) is 4.90 Å². The molecule has 1 saturated heterocycles. The highest BCUT2D eigenvalue weighted by Crippen LogP contribution is 2.15. The molecule has 4 heteroatoms. The first-order valence-corrected chi connectivity index (χ1v) is 7.19. The van der Waals surface area contributed by atoms with Gasteiger partial charge >= 0.3 is 6.09 Å². The molecular formula is C16H24N2O2. The summed E-state index contributed by atoms with van der Waals surface area (Å²) in [5, 5.41) is 3.47. The molecule has 0 unspecified atom stereocenters. The van der Waals surface area contributed by atoms with Crippen LogP contribution >= 0.6 is 0 Å². The summed E-state index contributed by atoms with van der Waals surface area (Å²) in [5.74, 6) is 0. The van der Waals surface area contributed by atoms with Gasteiger partial charge in [0.25, 0.3) is 0 Å². The average Bonchev–Trinajstić information content (AvgIpc) is 2.31. The fourth-order valence-corrected chi connectivity index (χ4v) is 2.15. The lowest BCUT2D eigenvalue weighted by molar-refractivity contribution is 0.00542. The van der Waals surface area contributed by atoms with E-state index in [1.165, 1.54) is 5.56 Å². The molecule has 0 radical (unpaired) electrons. The van der Waals surface area contributed by atoms with E-state index in [-0.39, 0.29) is 6.09 Å². The highest BCUT2D eigenvalue weighted by atomic mass is 16.6. The van der Waals surface area contributed by atoms with Gasteiger partial charge in [0.15, 0.2) is 0 Å². The van der Waals surface area contributed by atoms with Crippen molar-refractivity contribution in [1.82, 2.24) is 10.2 Å². The molecule has 0 aromatic heterocycles. The van der Waals surface area contributed by atoms with Crippen molar-refractivity contribution in [2.24, 2.45) is 0 Å². The minimum absolute atomic E-state index is 0.210. The smallest absolute Gasteiger partial charge is 0.410 e. The van der Waals surface area contributed by atoms with Crippen LogP contribution in [0.1, 0.15) is 26.3 Å². The zero-order valence-corrected chi connectivity index (χ0v) is 12.6. The van der Waals surface area contributed by atoms with Crippen LogP contribution in [0.25, 0.3) is 0 Å². The number of nitrogens with one attached hydrogen (secondary N) is 1. The number of likely N-dealkylation sites (tertiary alicyclic amines) is 1. The van der Waals surface area contributed by atoms with Crippen molar-refractivity contribution in [3.05, 3.63) is 35.9 Å². The molecule has 1 N–H and O–H groups in total. The maximum absolute atomic E-state index is 11.8. The second-order valence-electron chi connectivity index (χ2n) is 6.27. The molecule has 1 fully saturated rings. The molecule has 4 nitrogen and oxygen atoms in total. The molecule has 1 aliphatic heterocycles. The lowest BCUT2D eigenvalue weighted by atomic mass is 10.1. The Balaban J connectivity index is 1.61. The number of carbonyl (C=O) groups excluding carboxylic acids is 1. The predicted molar refractivity (Wildman–Crippen MR) is 79.7 cm³/mol. The molecule has 0 spiro atoms. The summed E-state index contributed by atoms with van der Waals surface area (Å²) in [7, 11) is 0. The SMILES string of the molecule is CC(C)(C)OC(=O)N1CC(NCCc2ccccc2)C1. The summed E-state index contributed by atoms with van der Waals surface area (Å²) < 4.78 is 5.32. The number of benzene rings is 1. The summed E-state index contributed by atoms with van der Waals surface area (Å²) >= 11 is 0. The van der Waals surface area contributed by atoms with Crippen LogP contribution in [0.15, 0.2) is 30.3 Å². The van der Waals surface area contributed by atoms with E-state index in [9.17, 15) is 4.79 Å². The molecule has 2 rings (SSSR count). The van der Waals surface area contributed by atoms with Crippen molar-refractivity contribution >= 4 is 6.09 Å². The van der Waals surface area contributed by atoms with E-state index >= 15 is 0 Å². The van der Waals surface area contributed by atoms with Crippen LogP contribution in [-0.2, 0) is 11.2 Å². The number of ether oxygens (including phenoxy) is 1. The zero-order valence-electron chi connectivity index (χ0n) is 12.6. The quantitative estimate of drug-likeness (QED) is 0.918. The minimum atomic E-state index is -0.414. The summed E-state index contributed by atoms with van der Waals surface area (Å²) in [6, 6.07) is 10.8. The second kappa shape index (κ2) is 6.27. The van der Waals surface area contributed by atoms with Crippen molar-refractivity contribution in [1.29, 1.82) is 0 Å². The monoisotopic (exact) mass is 276 g/mol. The van der Waals surface area contributed by atoms with Crippen molar-refractivity contribution in [3.63, 3.8) is 0 Å². The molecular weight excluding hydrogens is 252 g/mol. The van der Waals surface area contributed by atoms with Crippen molar-refractivity contribution in [2.45, 2.75) is 38.8 Å². The van der Waals surface area contributed by atoms with Crippen molar-refractivity contribution < 1.29 is 9.53 Å². The first-order chi connectivity index (χ1) is 9.44. The molecule has 0 bridgehead atoms. The Morgan fingerprint density at radius 3 is 2.55 bits per heavy atom. The van der Waals surface area contributed by atoms with Gasteiger partial charge in [-0.05, 0) is 39.3 Å². The second-order valence-corrected chi connectivity index (χ2v) is 6.27. The first-order valence-electron chi connectivity index (χ1n) is 7.19. The number of hydrogen-bond donors (Lipinski definition) is 1. The summed E-state index contributed by atoms with van der Waals surface area (Å²) in [5.41, 5.74) is 0.923. The van der Waals surface area contributed by atoms with Crippen LogP contribution < -0.4 is 5.32 Å². The van der Waals surface area contributed by atoms with Gasteiger partial charge in [-0.25, -0.2) is 4.79 Å². The summed E-state index contributed by atoms with van der Waals surface area (Å²) in [6.07, 6.45) is 0.808. The van der Waals surface area contributed by atoms with Crippen LogP contribution in [0.2, 0.25) is 0 Å². The predicted octanol–water partition coefficient (Wildman–Crippen LogP) is 2.44. The zero-order chi connectivity index (χ0) is 14.6. The molecule has 0 atom stereocenters. The largest absolute Gasteiger partial charge is 0.444 e. The Hall–Kier alpha value is -1.55. The molecule has 1 heterocycles. The molecule has 0 saturated carbocycles. The van der Waals surface area contributed by atoms with Gasteiger partial charge in [-0.3, -0.25) is 0 Å². The van der Waals surface area contributed by atoms with E-state index in [2.05, 4.69) is 29.6 Å². The third-order valence-corrected chi connectivity index (χ3v) is 3.22. The van der Waals surface area contributed by atoms with Gasteiger partial charge in [-0.15, -0.1) is 0 Å². The number of amides is 1. The van der Waals surface area contributed by atoms with E-state index in [0.29, 0.717) is 6.04 Å². The fourth-order valence-electron chi connectivity index (χ4n) is 2.15. The number of hydrogen-bond acceptors (Lipinski definition) is 3. The van der Waals surface area contributed by atoms with Gasteiger partial charge in [0, 0.05) is 19.1 Å². The highest BCUT2D eigenvalue weighted by molar-refractivity contribution is 5.69. The molecule has 1 aromatic rings. The normalized spacial score (nSPS) is 15.8. The minimum Gasteiger partial charge on any atom is -0.444 e. The molecule has 110 valence electrons. The number of carbonyl (C=O) groups is 1. The van der Waals surface area contributed by atoms with Gasteiger partial charge < -0.3 is 15.0 Å². The Bertz CT molecular complexity index is 434. The van der Waals surface area contributed by atoms with Crippen molar-refractivity contribution in [3.8, 4) is 0 Å². The standard InChI is InChI=1S/C16H24N2O2/c1-16(2,3)20-15(19)18-11-14(12-18)17-10-9-13-7-5-4-6-8-13/h4-8,14,17H,9-12H2,1-3H3. The number of nitrogens with zero attached hydrogens (tertiary/aromatic N) is 1. The van der Waals surface area contributed by atoms with E-state index in [0.717, 1.165) is 26.1 Å². The average molecular weight is 276 g/mol. The van der Waals surface area contributed by atoms with Crippen LogP contribution in [0.4, 0.5) is 4.79 Å². The summed E-state index contributed by atoms with van der Waals surface area (Å²) in [6.45, 7) is 8.09. The number of rotatable bonds is 4. The van der Waals surface area contributed by atoms with Crippen molar-refractivity contribution in [2.75, 3.05) is 19.6 Å².